The maximum absolute atomic E-state index is 12.7. The highest BCUT2D eigenvalue weighted by Crippen LogP contribution is 2.34. The number of para-hydroxylation sites is 1. The zero-order valence-electron chi connectivity index (χ0n) is 14.8. The summed E-state index contributed by atoms with van der Waals surface area (Å²) in [7, 11) is 0. The van der Waals surface area contributed by atoms with Crippen LogP contribution in [-0.2, 0) is 0 Å². The predicted octanol–water partition coefficient (Wildman–Crippen LogP) is 5.88. The summed E-state index contributed by atoms with van der Waals surface area (Å²) in [4.78, 5) is 14.7. The monoisotopic (exact) mass is 341 g/mol. The number of benzene rings is 3. The number of nitrogens with zero attached hydrogens (tertiary/aromatic N) is 1. The van der Waals surface area contributed by atoms with E-state index in [0.29, 0.717) is 11.3 Å². The summed E-state index contributed by atoms with van der Waals surface area (Å²) in [5.74, 6) is 0. The van der Waals surface area contributed by atoms with Gasteiger partial charge in [-0.2, -0.15) is 0 Å². The van der Waals surface area contributed by atoms with E-state index in [1.807, 2.05) is 97.6 Å². The molecule has 0 fully saturated rings. The van der Waals surface area contributed by atoms with Crippen molar-refractivity contribution in [1.82, 2.24) is 0 Å². The normalized spacial score (nSPS) is 10.8. The number of aryl methyl sites for hydroxylation is 2. The van der Waals surface area contributed by atoms with E-state index in [-0.39, 0.29) is 5.63 Å². The van der Waals surface area contributed by atoms with Crippen molar-refractivity contribution < 1.29 is 4.42 Å². The van der Waals surface area contributed by atoms with Gasteiger partial charge in [0, 0.05) is 16.8 Å². The highest BCUT2D eigenvalue weighted by atomic mass is 16.4. The average molecular weight is 341 g/mol. The Bertz CT molecular complexity index is 1060. The van der Waals surface area contributed by atoms with Crippen LogP contribution in [0.3, 0.4) is 0 Å². The third-order valence-corrected chi connectivity index (χ3v) is 4.45. The van der Waals surface area contributed by atoms with Crippen molar-refractivity contribution in [2.24, 2.45) is 0 Å². The van der Waals surface area contributed by atoms with Crippen molar-refractivity contribution in [1.29, 1.82) is 0 Å². The molecule has 3 aromatic carbocycles. The quantitative estimate of drug-likeness (QED) is 0.436. The van der Waals surface area contributed by atoms with Gasteiger partial charge in [0.05, 0.1) is 0 Å². The SMILES string of the molecule is Cc1ccc(N(c2ccc(C)cc2)c2cc3ccccc3oc2=O)cc1. The summed E-state index contributed by atoms with van der Waals surface area (Å²) >= 11 is 0. The molecular formula is C23H19NO2. The Morgan fingerprint density at radius 2 is 1.27 bits per heavy atom. The van der Waals surface area contributed by atoms with Crippen molar-refractivity contribution >= 4 is 28.0 Å². The van der Waals surface area contributed by atoms with Gasteiger partial charge in [-0.15, -0.1) is 0 Å². The second kappa shape index (κ2) is 6.52. The first-order valence-corrected chi connectivity index (χ1v) is 8.58. The number of anilines is 3. The van der Waals surface area contributed by atoms with E-state index in [4.69, 9.17) is 4.42 Å². The Morgan fingerprint density at radius 3 is 1.85 bits per heavy atom. The maximum Gasteiger partial charge on any atom is 0.360 e. The minimum Gasteiger partial charge on any atom is -0.421 e. The second-order valence-corrected chi connectivity index (χ2v) is 6.46. The lowest BCUT2D eigenvalue weighted by molar-refractivity contribution is 0.562. The van der Waals surface area contributed by atoms with Gasteiger partial charge >= 0.3 is 5.63 Å². The first-order chi connectivity index (χ1) is 12.6. The molecule has 0 saturated heterocycles. The maximum atomic E-state index is 12.7. The van der Waals surface area contributed by atoms with Gasteiger partial charge in [0.1, 0.15) is 11.3 Å². The Hall–Kier alpha value is -3.33. The zero-order valence-corrected chi connectivity index (χ0v) is 14.8. The third-order valence-electron chi connectivity index (χ3n) is 4.45. The molecule has 3 heteroatoms. The molecule has 0 atom stereocenters. The molecular weight excluding hydrogens is 322 g/mol. The zero-order chi connectivity index (χ0) is 18.1. The number of hydrogen-bond donors (Lipinski definition) is 0. The molecule has 26 heavy (non-hydrogen) atoms. The van der Waals surface area contributed by atoms with Crippen LogP contribution in [0, 0.1) is 13.8 Å². The van der Waals surface area contributed by atoms with Crippen molar-refractivity contribution in [3.63, 3.8) is 0 Å². The molecule has 1 aromatic heterocycles. The topological polar surface area (TPSA) is 33.5 Å². The van der Waals surface area contributed by atoms with Gasteiger partial charge < -0.3 is 9.32 Å². The third kappa shape index (κ3) is 3.00. The summed E-state index contributed by atoms with van der Waals surface area (Å²) < 4.78 is 5.57. The smallest absolute Gasteiger partial charge is 0.360 e. The van der Waals surface area contributed by atoms with E-state index >= 15 is 0 Å². The van der Waals surface area contributed by atoms with Gasteiger partial charge in [0.25, 0.3) is 0 Å². The van der Waals surface area contributed by atoms with Crippen molar-refractivity contribution in [3.8, 4) is 0 Å². The van der Waals surface area contributed by atoms with E-state index in [1.54, 1.807) is 0 Å². The molecule has 0 spiro atoms. The minimum atomic E-state index is -0.357. The molecule has 4 rings (SSSR count). The molecule has 0 aliphatic rings. The summed E-state index contributed by atoms with van der Waals surface area (Å²) in [6.45, 7) is 4.09. The second-order valence-electron chi connectivity index (χ2n) is 6.46. The molecule has 4 aromatic rings. The van der Waals surface area contributed by atoms with Gasteiger partial charge in [0.15, 0.2) is 0 Å². The Labute approximate surface area is 152 Å². The van der Waals surface area contributed by atoms with Crippen molar-refractivity contribution in [2.75, 3.05) is 4.90 Å². The fraction of sp³-hybridized carbons (Fsp3) is 0.0870. The van der Waals surface area contributed by atoms with Crippen LogP contribution in [0.25, 0.3) is 11.0 Å². The summed E-state index contributed by atoms with van der Waals surface area (Å²) in [5.41, 5.74) is 4.91. The molecule has 1 heterocycles. The van der Waals surface area contributed by atoms with Crippen LogP contribution in [0.4, 0.5) is 17.1 Å². The Kier molecular flexibility index (Phi) is 4.05. The standard InChI is InChI=1S/C23H19NO2/c1-16-7-11-19(12-8-16)24(20-13-9-17(2)10-14-20)21-15-18-5-3-4-6-22(18)26-23(21)25/h3-15H,1-2H3. The van der Waals surface area contributed by atoms with E-state index < -0.39 is 0 Å². The predicted molar refractivity (Wildman–Crippen MR) is 107 cm³/mol. The van der Waals surface area contributed by atoms with Gasteiger partial charge in [-0.25, -0.2) is 4.79 Å². The number of rotatable bonds is 3. The highest BCUT2D eigenvalue weighted by molar-refractivity contribution is 5.84. The van der Waals surface area contributed by atoms with Gasteiger partial charge in [0.2, 0.25) is 0 Å². The Morgan fingerprint density at radius 1 is 0.731 bits per heavy atom. The molecule has 0 radical (unpaired) electrons. The van der Waals surface area contributed by atoms with Crippen LogP contribution < -0.4 is 10.5 Å². The lowest BCUT2D eigenvalue weighted by Gasteiger charge is -2.24. The van der Waals surface area contributed by atoms with Crippen molar-refractivity contribution in [3.05, 3.63) is 100 Å². The molecule has 128 valence electrons. The first kappa shape index (κ1) is 16.2. The lowest BCUT2D eigenvalue weighted by Crippen LogP contribution is -2.18. The van der Waals surface area contributed by atoms with Gasteiger partial charge in [-0.05, 0) is 50.2 Å². The van der Waals surface area contributed by atoms with E-state index in [1.165, 1.54) is 11.1 Å². The molecule has 3 nitrogen and oxygen atoms in total. The number of hydrogen-bond acceptors (Lipinski definition) is 3. The molecule has 0 bridgehead atoms. The van der Waals surface area contributed by atoms with Crippen LogP contribution in [0.1, 0.15) is 11.1 Å². The molecule has 0 amide bonds. The van der Waals surface area contributed by atoms with Crippen LogP contribution in [-0.4, -0.2) is 0 Å². The Balaban J connectivity index is 1.95. The molecule has 0 aliphatic heterocycles. The summed E-state index contributed by atoms with van der Waals surface area (Å²) in [6, 6.07) is 25.7. The molecule has 0 saturated carbocycles. The summed E-state index contributed by atoms with van der Waals surface area (Å²) in [6.07, 6.45) is 0. The largest absolute Gasteiger partial charge is 0.421 e. The van der Waals surface area contributed by atoms with E-state index in [9.17, 15) is 4.79 Å². The first-order valence-electron chi connectivity index (χ1n) is 8.58. The molecule has 0 aliphatic carbocycles. The van der Waals surface area contributed by atoms with Gasteiger partial charge in [-0.1, -0.05) is 53.6 Å². The number of fused-ring (bicyclic) bond motifs is 1. The van der Waals surface area contributed by atoms with Crippen molar-refractivity contribution in [2.45, 2.75) is 13.8 Å². The fourth-order valence-electron chi connectivity index (χ4n) is 3.02. The van der Waals surface area contributed by atoms with Crippen LogP contribution in [0.5, 0.6) is 0 Å². The average Bonchev–Trinajstić information content (AvgIpc) is 2.65. The summed E-state index contributed by atoms with van der Waals surface area (Å²) in [5, 5.41) is 0.895. The van der Waals surface area contributed by atoms with E-state index in [0.717, 1.165) is 16.8 Å². The molecule has 0 unspecified atom stereocenters. The van der Waals surface area contributed by atoms with Crippen LogP contribution in [0.15, 0.2) is 88.1 Å². The van der Waals surface area contributed by atoms with Crippen LogP contribution >= 0.6 is 0 Å². The van der Waals surface area contributed by atoms with E-state index in [2.05, 4.69) is 0 Å². The molecule has 0 N–H and O–H groups in total. The fourth-order valence-corrected chi connectivity index (χ4v) is 3.02. The highest BCUT2D eigenvalue weighted by Gasteiger charge is 2.17. The van der Waals surface area contributed by atoms with Gasteiger partial charge in [-0.3, -0.25) is 0 Å². The lowest BCUT2D eigenvalue weighted by atomic mass is 10.1. The minimum absolute atomic E-state index is 0.357. The van der Waals surface area contributed by atoms with Crippen LogP contribution in [0.2, 0.25) is 0 Å².